The summed E-state index contributed by atoms with van der Waals surface area (Å²) in [5, 5.41) is 8.99. The molecule has 4 heterocycles. The van der Waals surface area contributed by atoms with E-state index in [9.17, 15) is 4.79 Å². The second-order valence-electron chi connectivity index (χ2n) is 6.12. The van der Waals surface area contributed by atoms with Crippen LogP contribution in [-0.2, 0) is 30.8 Å². The van der Waals surface area contributed by atoms with Crippen molar-refractivity contribution in [3.63, 3.8) is 0 Å². The molecule has 7 nitrogen and oxygen atoms in total. The van der Waals surface area contributed by atoms with Gasteiger partial charge in [0.1, 0.15) is 6.54 Å². The molecule has 0 fully saturated rings. The third-order valence-corrected chi connectivity index (χ3v) is 4.37. The number of nitrogens with zero attached hydrogens (tertiary/aromatic N) is 4. The molecule has 3 aromatic rings. The van der Waals surface area contributed by atoms with E-state index in [2.05, 4.69) is 14.9 Å². The van der Waals surface area contributed by atoms with Crippen molar-refractivity contribution in [3.05, 3.63) is 59.9 Å². The van der Waals surface area contributed by atoms with Crippen LogP contribution in [0.5, 0.6) is 0 Å². The molecule has 3 aromatic heterocycles. The number of aliphatic carboxylic acids is 1. The van der Waals surface area contributed by atoms with Gasteiger partial charge in [0.2, 0.25) is 0 Å². The maximum Gasteiger partial charge on any atom is 0.323 e. The smallest absolute Gasteiger partial charge is 0.323 e. The van der Waals surface area contributed by atoms with Gasteiger partial charge in [-0.15, -0.1) is 0 Å². The van der Waals surface area contributed by atoms with Crippen LogP contribution in [0.2, 0.25) is 0 Å². The fourth-order valence-electron chi connectivity index (χ4n) is 3.16. The van der Waals surface area contributed by atoms with Gasteiger partial charge in [0.15, 0.2) is 11.6 Å². The monoisotopic (exact) mass is 338 g/mol. The molecule has 0 spiro atoms. The van der Waals surface area contributed by atoms with Crippen molar-refractivity contribution in [2.24, 2.45) is 0 Å². The lowest BCUT2D eigenvalue weighted by Crippen LogP contribution is -2.32. The van der Waals surface area contributed by atoms with E-state index in [1.165, 1.54) is 0 Å². The Hall–Kier alpha value is -2.93. The summed E-state index contributed by atoms with van der Waals surface area (Å²) in [7, 11) is 0. The lowest BCUT2D eigenvalue weighted by Gasteiger charge is -2.28. The van der Waals surface area contributed by atoms with Crippen LogP contribution in [0.3, 0.4) is 0 Å². The van der Waals surface area contributed by atoms with Crippen molar-refractivity contribution in [2.75, 3.05) is 6.54 Å². The molecule has 0 atom stereocenters. The Balaban J connectivity index is 1.48. The van der Waals surface area contributed by atoms with Gasteiger partial charge >= 0.3 is 5.97 Å². The fourth-order valence-corrected chi connectivity index (χ4v) is 3.16. The van der Waals surface area contributed by atoms with Crippen LogP contribution in [-0.4, -0.2) is 37.1 Å². The zero-order valence-electron chi connectivity index (χ0n) is 13.6. The van der Waals surface area contributed by atoms with E-state index in [-0.39, 0.29) is 6.54 Å². The predicted octanol–water partition coefficient (Wildman–Crippen LogP) is 2.18. The number of aromatic nitrogens is 3. The first kappa shape index (κ1) is 15.6. The normalized spacial score (nSPS) is 14.4. The average Bonchev–Trinajstić information content (AvgIpc) is 3.27. The molecule has 1 N–H and O–H groups in total. The quantitative estimate of drug-likeness (QED) is 0.767. The van der Waals surface area contributed by atoms with Gasteiger partial charge in [-0.2, -0.15) is 0 Å². The topological polar surface area (TPSA) is 84.4 Å². The lowest BCUT2D eigenvalue weighted by atomic mass is 10.1. The van der Waals surface area contributed by atoms with Gasteiger partial charge in [0, 0.05) is 49.7 Å². The summed E-state index contributed by atoms with van der Waals surface area (Å²) >= 11 is 0. The van der Waals surface area contributed by atoms with Crippen molar-refractivity contribution in [2.45, 2.75) is 26.1 Å². The standard InChI is InChI=1S/C18H18N4O3/c23-17(24)12-22-6-1-3-14(22)11-21-7-5-15-13(10-21)9-19-18(20-15)16-4-2-8-25-16/h1-4,6,8-9H,5,7,10-12H2,(H,23,24). The summed E-state index contributed by atoms with van der Waals surface area (Å²) < 4.78 is 7.13. The maximum atomic E-state index is 10.9. The minimum Gasteiger partial charge on any atom is -0.480 e. The maximum absolute atomic E-state index is 10.9. The van der Waals surface area contributed by atoms with Crippen LogP contribution in [0.1, 0.15) is 17.0 Å². The van der Waals surface area contributed by atoms with Crippen LogP contribution < -0.4 is 0 Å². The molecule has 25 heavy (non-hydrogen) atoms. The minimum atomic E-state index is -0.833. The second kappa shape index (κ2) is 6.52. The van der Waals surface area contributed by atoms with Gasteiger partial charge in [-0.3, -0.25) is 9.69 Å². The average molecular weight is 338 g/mol. The van der Waals surface area contributed by atoms with Gasteiger partial charge in [-0.1, -0.05) is 0 Å². The Labute approximate surface area is 144 Å². The number of carboxylic acid groups (broad SMARTS) is 1. The first-order valence-corrected chi connectivity index (χ1v) is 8.16. The Morgan fingerprint density at radius 3 is 3.04 bits per heavy atom. The highest BCUT2D eigenvalue weighted by Crippen LogP contribution is 2.22. The van der Waals surface area contributed by atoms with Gasteiger partial charge < -0.3 is 14.1 Å². The van der Waals surface area contributed by atoms with Gasteiger partial charge in [0.05, 0.1) is 12.0 Å². The Kier molecular flexibility index (Phi) is 4.07. The van der Waals surface area contributed by atoms with E-state index in [1.807, 2.05) is 30.5 Å². The number of fused-ring (bicyclic) bond motifs is 1. The molecular weight excluding hydrogens is 320 g/mol. The molecule has 0 saturated carbocycles. The summed E-state index contributed by atoms with van der Waals surface area (Å²) in [5.41, 5.74) is 3.16. The lowest BCUT2D eigenvalue weighted by molar-refractivity contribution is -0.137. The molecule has 1 aliphatic rings. The first-order chi connectivity index (χ1) is 12.2. The van der Waals surface area contributed by atoms with Crippen molar-refractivity contribution in [1.29, 1.82) is 0 Å². The predicted molar refractivity (Wildman–Crippen MR) is 89.6 cm³/mol. The molecular formula is C18H18N4O3. The third kappa shape index (κ3) is 3.32. The third-order valence-electron chi connectivity index (χ3n) is 4.37. The number of furan rings is 1. The highest BCUT2D eigenvalue weighted by Gasteiger charge is 2.20. The van der Waals surface area contributed by atoms with Gasteiger partial charge in [0.25, 0.3) is 0 Å². The van der Waals surface area contributed by atoms with E-state index in [1.54, 1.807) is 17.0 Å². The molecule has 1 aliphatic heterocycles. The van der Waals surface area contributed by atoms with E-state index >= 15 is 0 Å². The number of carboxylic acids is 1. The zero-order valence-corrected chi connectivity index (χ0v) is 13.6. The molecule has 0 amide bonds. The highest BCUT2D eigenvalue weighted by molar-refractivity contribution is 5.66. The zero-order chi connectivity index (χ0) is 17.2. The summed E-state index contributed by atoms with van der Waals surface area (Å²) in [6, 6.07) is 7.53. The van der Waals surface area contributed by atoms with E-state index < -0.39 is 5.97 Å². The molecule has 0 aliphatic carbocycles. The largest absolute Gasteiger partial charge is 0.480 e. The minimum absolute atomic E-state index is 0.0115. The Bertz CT molecular complexity index is 886. The van der Waals surface area contributed by atoms with Crippen LogP contribution in [0.15, 0.2) is 47.3 Å². The first-order valence-electron chi connectivity index (χ1n) is 8.16. The highest BCUT2D eigenvalue weighted by atomic mass is 16.4. The van der Waals surface area contributed by atoms with Gasteiger partial charge in [-0.25, -0.2) is 9.97 Å². The van der Waals surface area contributed by atoms with Crippen molar-refractivity contribution >= 4 is 5.97 Å². The number of hydrogen-bond acceptors (Lipinski definition) is 5. The Morgan fingerprint density at radius 2 is 2.24 bits per heavy atom. The summed E-state index contributed by atoms with van der Waals surface area (Å²) in [6.07, 6.45) is 6.13. The molecule has 4 rings (SSSR count). The van der Waals surface area contributed by atoms with E-state index in [0.29, 0.717) is 18.1 Å². The molecule has 0 unspecified atom stereocenters. The molecule has 7 heteroatoms. The number of hydrogen-bond donors (Lipinski definition) is 1. The van der Waals surface area contributed by atoms with Crippen molar-refractivity contribution in [1.82, 2.24) is 19.4 Å². The van der Waals surface area contributed by atoms with Crippen LogP contribution >= 0.6 is 0 Å². The van der Waals surface area contributed by atoms with Gasteiger partial charge in [-0.05, 0) is 24.3 Å². The summed E-state index contributed by atoms with van der Waals surface area (Å²) in [6.45, 7) is 2.33. The SMILES string of the molecule is O=C(O)Cn1cccc1CN1CCc2nc(-c3ccco3)ncc2C1. The number of carbonyl (C=O) groups is 1. The second-order valence-corrected chi connectivity index (χ2v) is 6.12. The summed E-state index contributed by atoms with van der Waals surface area (Å²) in [4.78, 5) is 22.3. The van der Waals surface area contributed by atoms with Crippen LogP contribution in [0, 0.1) is 0 Å². The summed E-state index contributed by atoms with van der Waals surface area (Å²) in [5.74, 6) is 0.463. The van der Waals surface area contributed by atoms with Crippen LogP contribution in [0.25, 0.3) is 11.6 Å². The Morgan fingerprint density at radius 1 is 1.32 bits per heavy atom. The van der Waals surface area contributed by atoms with Crippen molar-refractivity contribution < 1.29 is 14.3 Å². The molecule has 0 aromatic carbocycles. The molecule has 0 bridgehead atoms. The van der Waals surface area contributed by atoms with E-state index in [0.717, 1.165) is 36.5 Å². The van der Waals surface area contributed by atoms with Crippen molar-refractivity contribution in [3.8, 4) is 11.6 Å². The molecule has 0 radical (unpaired) electrons. The fraction of sp³-hybridized carbons (Fsp3) is 0.278. The molecule has 128 valence electrons. The number of rotatable bonds is 5. The van der Waals surface area contributed by atoms with Crippen LogP contribution in [0.4, 0.5) is 0 Å². The van der Waals surface area contributed by atoms with E-state index in [4.69, 9.17) is 9.52 Å². The molecule has 0 saturated heterocycles.